The van der Waals surface area contributed by atoms with E-state index in [2.05, 4.69) is 15.9 Å². The lowest BCUT2D eigenvalue weighted by Crippen LogP contribution is -1.97. The van der Waals surface area contributed by atoms with Gasteiger partial charge in [0.1, 0.15) is 11.6 Å². The second-order valence-electron chi connectivity index (χ2n) is 4.71. The van der Waals surface area contributed by atoms with E-state index in [1.54, 1.807) is 24.3 Å². The molecular weight excluding hydrogens is 358 g/mol. The van der Waals surface area contributed by atoms with Gasteiger partial charge in [0, 0.05) is 9.86 Å². The number of fused-ring (bicyclic) bond motifs is 1. The van der Waals surface area contributed by atoms with Gasteiger partial charge in [-0.15, -0.1) is 11.6 Å². The summed E-state index contributed by atoms with van der Waals surface area (Å²) in [6.45, 7) is 0. The molecule has 1 unspecified atom stereocenters. The average Bonchev–Trinajstić information content (AvgIpc) is 2.47. The van der Waals surface area contributed by atoms with Gasteiger partial charge in [0.2, 0.25) is 0 Å². The summed E-state index contributed by atoms with van der Waals surface area (Å²) < 4.78 is 27.7. The predicted molar refractivity (Wildman–Crippen MR) is 85.7 cm³/mol. The normalized spacial score (nSPS) is 12.6. The zero-order valence-corrected chi connectivity index (χ0v) is 13.1. The fraction of sp³-hybridized carbons (Fsp3) is 0.0588. The van der Waals surface area contributed by atoms with Gasteiger partial charge in [-0.3, -0.25) is 0 Å². The first-order valence-electron chi connectivity index (χ1n) is 6.34. The van der Waals surface area contributed by atoms with E-state index in [4.69, 9.17) is 11.6 Å². The Labute approximate surface area is 134 Å². The quantitative estimate of drug-likeness (QED) is 0.472. The largest absolute Gasteiger partial charge is 0.207 e. The van der Waals surface area contributed by atoms with Crippen LogP contribution in [-0.2, 0) is 0 Å². The molecule has 0 spiro atoms. The highest BCUT2D eigenvalue weighted by molar-refractivity contribution is 9.10. The van der Waals surface area contributed by atoms with Gasteiger partial charge in [0.05, 0.1) is 5.38 Å². The monoisotopic (exact) mass is 366 g/mol. The van der Waals surface area contributed by atoms with Gasteiger partial charge in [-0.05, 0) is 34.7 Å². The summed E-state index contributed by atoms with van der Waals surface area (Å²) in [5, 5.41) is 0.790. The summed E-state index contributed by atoms with van der Waals surface area (Å²) in [4.78, 5) is 0. The summed E-state index contributed by atoms with van der Waals surface area (Å²) in [5.74, 6) is -0.616. The molecule has 0 bridgehead atoms. The molecule has 0 aromatic heterocycles. The van der Waals surface area contributed by atoms with E-state index in [0.29, 0.717) is 9.86 Å². The Morgan fingerprint density at radius 2 is 1.52 bits per heavy atom. The lowest BCUT2D eigenvalue weighted by atomic mass is 9.97. The van der Waals surface area contributed by atoms with Crippen molar-refractivity contribution in [3.8, 4) is 0 Å². The molecule has 1 atom stereocenters. The molecule has 0 nitrogen and oxygen atoms in total. The minimum atomic E-state index is -0.495. The lowest BCUT2D eigenvalue weighted by molar-refractivity contribution is 0.626. The maximum absolute atomic E-state index is 13.9. The van der Waals surface area contributed by atoms with E-state index in [0.717, 1.165) is 16.5 Å². The topological polar surface area (TPSA) is 0 Å². The van der Waals surface area contributed by atoms with Crippen LogP contribution in [0, 0.1) is 11.6 Å². The molecular formula is C17H10BrClF2. The fourth-order valence-corrected chi connectivity index (χ4v) is 3.47. The molecule has 0 saturated heterocycles. The highest BCUT2D eigenvalue weighted by atomic mass is 79.9. The molecule has 0 amide bonds. The first-order chi connectivity index (χ1) is 10.1. The van der Waals surface area contributed by atoms with Gasteiger partial charge in [0.15, 0.2) is 0 Å². The summed E-state index contributed by atoms with van der Waals surface area (Å²) in [6.07, 6.45) is 0. The molecule has 0 aliphatic carbocycles. The molecule has 4 heteroatoms. The smallest absolute Gasteiger partial charge is 0.131 e. The van der Waals surface area contributed by atoms with Crippen LogP contribution in [0.1, 0.15) is 16.5 Å². The molecule has 3 aromatic rings. The maximum Gasteiger partial charge on any atom is 0.131 e. The number of benzene rings is 3. The number of rotatable bonds is 2. The molecule has 0 heterocycles. The SMILES string of the molecule is Fc1ccc(C(Cl)c2ccc(F)c3ccccc23)c(Br)c1. The van der Waals surface area contributed by atoms with Gasteiger partial charge in [-0.25, -0.2) is 8.78 Å². The van der Waals surface area contributed by atoms with Crippen LogP contribution in [0.15, 0.2) is 59.1 Å². The first-order valence-corrected chi connectivity index (χ1v) is 7.57. The molecule has 21 heavy (non-hydrogen) atoms. The van der Waals surface area contributed by atoms with Crippen molar-refractivity contribution >= 4 is 38.3 Å². The Morgan fingerprint density at radius 1 is 0.857 bits per heavy atom. The number of hydrogen-bond donors (Lipinski definition) is 0. The standard InChI is InChI=1S/C17H10BrClF2/c18-15-9-10(20)5-6-14(15)17(19)13-7-8-16(21)12-4-2-1-3-11(12)13/h1-9,17H. The first kappa shape index (κ1) is 14.5. The molecule has 3 aromatic carbocycles. The third-order valence-electron chi connectivity index (χ3n) is 3.41. The summed E-state index contributed by atoms with van der Waals surface area (Å²) >= 11 is 9.87. The third kappa shape index (κ3) is 2.68. The van der Waals surface area contributed by atoms with Crippen molar-refractivity contribution in [3.63, 3.8) is 0 Å². The Balaban J connectivity index is 2.18. The molecule has 0 saturated carbocycles. The van der Waals surface area contributed by atoms with Gasteiger partial charge < -0.3 is 0 Å². The fourth-order valence-electron chi connectivity index (χ4n) is 2.38. The molecule has 0 N–H and O–H groups in total. The average molecular weight is 368 g/mol. The van der Waals surface area contributed by atoms with E-state index >= 15 is 0 Å². The zero-order valence-electron chi connectivity index (χ0n) is 10.8. The maximum atomic E-state index is 13.9. The third-order valence-corrected chi connectivity index (χ3v) is 4.57. The number of hydrogen-bond acceptors (Lipinski definition) is 0. The molecule has 0 aliphatic rings. The van der Waals surface area contributed by atoms with Crippen molar-refractivity contribution in [2.24, 2.45) is 0 Å². The van der Waals surface area contributed by atoms with E-state index in [-0.39, 0.29) is 11.6 Å². The van der Waals surface area contributed by atoms with Crippen LogP contribution in [0.5, 0.6) is 0 Å². The minimum Gasteiger partial charge on any atom is -0.207 e. The van der Waals surface area contributed by atoms with Crippen LogP contribution in [-0.4, -0.2) is 0 Å². The van der Waals surface area contributed by atoms with Gasteiger partial charge in [-0.1, -0.05) is 52.3 Å². The summed E-state index contributed by atoms with van der Waals surface area (Å²) in [6, 6.07) is 14.6. The van der Waals surface area contributed by atoms with Crippen LogP contribution < -0.4 is 0 Å². The Hall–Kier alpha value is -1.45. The summed E-state index contributed by atoms with van der Waals surface area (Å²) in [5.41, 5.74) is 1.54. The van der Waals surface area contributed by atoms with Crippen LogP contribution in [0.25, 0.3) is 10.8 Å². The van der Waals surface area contributed by atoms with E-state index in [9.17, 15) is 8.78 Å². The highest BCUT2D eigenvalue weighted by Crippen LogP contribution is 2.38. The van der Waals surface area contributed by atoms with E-state index in [1.165, 1.54) is 18.2 Å². The Bertz CT molecular complexity index is 817. The van der Waals surface area contributed by atoms with Crippen LogP contribution >= 0.6 is 27.5 Å². The highest BCUT2D eigenvalue weighted by Gasteiger charge is 2.18. The predicted octanol–water partition coefficient (Wildman–Crippen LogP) is 6.21. The molecule has 3 rings (SSSR count). The Kier molecular flexibility index (Phi) is 3.96. The molecule has 0 radical (unpaired) electrons. The van der Waals surface area contributed by atoms with Crippen molar-refractivity contribution in [2.45, 2.75) is 5.38 Å². The lowest BCUT2D eigenvalue weighted by Gasteiger charge is -2.15. The Morgan fingerprint density at radius 3 is 2.24 bits per heavy atom. The van der Waals surface area contributed by atoms with Crippen molar-refractivity contribution in [1.82, 2.24) is 0 Å². The molecule has 0 fully saturated rings. The van der Waals surface area contributed by atoms with Crippen molar-refractivity contribution in [2.75, 3.05) is 0 Å². The van der Waals surface area contributed by atoms with Gasteiger partial charge in [-0.2, -0.15) is 0 Å². The zero-order chi connectivity index (χ0) is 15.0. The van der Waals surface area contributed by atoms with Crippen molar-refractivity contribution in [1.29, 1.82) is 0 Å². The second kappa shape index (κ2) is 5.74. The van der Waals surface area contributed by atoms with Crippen molar-refractivity contribution in [3.05, 3.63) is 81.8 Å². The molecule has 106 valence electrons. The number of alkyl halides is 1. The second-order valence-corrected chi connectivity index (χ2v) is 6.00. The van der Waals surface area contributed by atoms with E-state index < -0.39 is 5.38 Å². The molecule has 0 aliphatic heterocycles. The van der Waals surface area contributed by atoms with E-state index in [1.807, 2.05) is 12.1 Å². The van der Waals surface area contributed by atoms with Crippen LogP contribution in [0.3, 0.4) is 0 Å². The van der Waals surface area contributed by atoms with Crippen LogP contribution in [0.4, 0.5) is 8.78 Å². The summed E-state index contributed by atoms with van der Waals surface area (Å²) in [7, 11) is 0. The van der Waals surface area contributed by atoms with Crippen molar-refractivity contribution < 1.29 is 8.78 Å². The van der Waals surface area contributed by atoms with Gasteiger partial charge in [0.25, 0.3) is 0 Å². The van der Waals surface area contributed by atoms with Gasteiger partial charge >= 0.3 is 0 Å². The number of halogens is 4. The minimum absolute atomic E-state index is 0.281. The van der Waals surface area contributed by atoms with Crippen LogP contribution in [0.2, 0.25) is 0 Å².